The molecule has 0 atom stereocenters. The van der Waals surface area contributed by atoms with Gasteiger partial charge >= 0.3 is 0 Å². The molecule has 0 saturated carbocycles. The summed E-state index contributed by atoms with van der Waals surface area (Å²) in [7, 11) is 3.26. The van der Waals surface area contributed by atoms with E-state index in [1.54, 1.807) is 14.2 Å². The van der Waals surface area contributed by atoms with E-state index in [2.05, 4.69) is 40.5 Å². The van der Waals surface area contributed by atoms with Crippen LogP contribution in [0.2, 0.25) is 0 Å². The van der Waals surface area contributed by atoms with Crippen LogP contribution in [0, 0.1) is 0 Å². The van der Waals surface area contributed by atoms with Crippen LogP contribution in [0.4, 0.5) is 11.4 Å². The summed E-state index contributed by atoms with van der Waals surface area (Å²) < 4.78 is 11.1. The third-order valence-corrected chi connectivity index (χ3v) is 7.03. The number of anilines is 2. The van der Waals surface area contributed by atoms with Crippen LogP contribution in [-0.4, -0.2) is 50.3 Å². The highest BCUT2D eigenvalue weighted by atomic mass is 16.5. The topological polar surface area (TPSA) is 54.0 Å². The summed E-state index contributed by atoms with van der Waals surface area (Å²) >= 11 is 0. The van der Waals surface area contributed by atoms with Gasteiger partial charge in [-0.15, -0.1) is 0 Å². The molecule has 176 valence electrons. The predicted octanol–water partition coefficient (Wildman–Crippen LogP) is 4.81. The number of carbonyl (C=O) groups excluding carboxylic acids is 1. The van der Waals surface area contributed by atoms with Crippen molar-refractivity contribution in [1.29, 1.82) is 0 Å². The first kappa shape index (κ1) is 22.3. The maximum absolute atomic E-state index is 13.9. The van der Waals surface area contributed by atoms with Crippen molar-refractivity contribution in [2.75, 3.05) is 44.1 Å². The lowest BCUT2D eigenvalue weighted by Crippen LogP contribution is -2.64. The first-order chi connectivity index (χ1) is 16.6. The third-order valence-electron chi connectivity index (χ3n) is 7.03. The summed E-state index contributed by atoms with van der Waals surface area (Å²) in [6.45, 7) is 2.82. The Morgan fingerprint density at radius 3 is 2.38 bits per heavy atom. The number of hydrogen-bond donors (Lipinski definition) is 1. The molecule has 0 aromatic heterocycles. The van der Waals surface area contributed by atoms with Crippen LogP contribution in [0.3, 0.4) is 0 Å². The van der Waals surface area contributed by atoms with Gasteiger partial charge in [-0.2, -0.15) is 0 Å². The predicted molar refractivity (Wildman–Crippen MR) is 135 cm³/mol. The maximum Gasteiger partial charge on any atom is 0.262 e. The van der Waals surface area contributed by atoms with Gasteiger partial charge in [-0.05, 0) is 36.2 Å². The van der Waals surface area contributed by atoms with Gasteiger partial charge < -0.3 is 19.7 Å². The minimum absolute atomic E-state index is 0.00412. The Morgan fingerprint density at radius 1 is 0.912 bits per heavy atom. The molecule has 0 aliphatic carbocycles. The van der Waals surface area contributed by atoms with E-state index in [4.69, 9.17) is 9.47 Å². The lowest BCUT2D eigenvalue weighted by molar-refractivity contribution is 0.0907. The van der Waals surface area contributed by atoms with Crippen LogP contribution in [0.5, 0.6) is 11.5 Å². The van der Waals surface area contributed by atoms with Crippen molar-refractivity contribution in [3.8, 4) is 11.5 Å². The Kier molecular flexibility index (Phi) is 6.16. The number of nitrogens with one attached hydrogen (secondary N) is 1. The zero-order valence-corrected chi connectivity index (χ0v) is 19.8. The largest absolute Gasteiger partial charge is 0.497 e. The fraction of sp³-hybridized carbons (Fsp3) is 0.321. The van der Waals surface area contributed by atoms with Gasteiger partial charge in [0.15, 0.2) is 0 Å². The second-order valence-corrected chi connectivity index (χ2v) is 8.96. The summed E-state index contributed by atoms with van der Waals surface area (Å²) in [5.41, 5.74) is 3.17. The fourth-order valence-electron chi connectivity index (χ4n) is 5.14. The molecule has 3 aromatic carbocycles. The van der Waals surface area contributed by atoms with Gasteiger partial charge in [-0.1, -0.05) is 42.5 Å². The number of nitrogens with zero attached hydrogens (tertiary/aromatic N) is 2. The van der Waals surface area contributed by atoms with E-state index >= 15 is 0 Å². The molecule has 3 aromatic rings. The van der Waals surface area contributed by atoms with Crippen LogP contribution in [0.15, 0.2) is 72.8 Å². The molecule has 0 unspecified atom stereocenters. The van der Waals surface area contributed by atoms with Crippen LogP contribution in [0.25, 0.3) is 0 Å². The SMILES string of the molecule is COc1ccc(N2C(=O)c3ccccc3NC23CCN(CCc2ccccc2)CC3)c(OC)c1. The van der Waals surface area contributed by atoms with Crippen molar-refractivity contribution in [2.24, 2.45) is 0 Å². The first-order valence-corrected chi connectivity index (χ1v) is 11.8. The summed E-state index contributed by atoms with van der Waals surface area (Å²) in [4.78, 5) is 18.3. The van der Waals surface area contributed by atoms with E-state index in [1.807, 2.05) is 47.4 Å². The van der Waals surface area contributed by atoms with Gasteiger partial charge in [0.1, 0.15) is 17.2 Å². The van der Waals surface area contributed by atoms with Crippen LogP contribution in [0.1, 0.15) is 28.8 Å². The Balaban J connectivity index is 1.44. The van der Waals surface area contributed by atoms with Gasteiger partial charge in [-0.3, -0.25) is 9.69 Å². The quantitative estimate of drug-likeness (QED) is 0.576. The van der Waals surface area contributed by atoms with Gasteiger partial charge in [0.2, 0.25) is 0 Å². The van der Waals surface area contributed by atoms with Gasteiger partial charge in [0.25, 0.3) is 5.91 Å². The number of ether oxygens (including phenoxy) is 2. The number of rotatable bonds is 6. The molecular weight excluding hydrogens is 426 g/mol. The number of carbonyl (C=O) groups is 1. The van der Waals surface area contributed by atoms with Gasteiger partial charge in [-0.25, -0.2) is 0 Å². The molecule has 1 saturated heterocycles. The average Bonchev–Trinajstić information content (AvgIpc) is 2.89. The van der Waals surface area contributed by atoms with Crippen molar-refractivity contribution in [3.63, 3.8) is 0 Å². The molecule has 1 amide bonds. The molecule has 0 bridgehead atoms. The van der Waals surface area contributed by atoms with Crippen molar-refractivity contribution >= 4 is 17.3 Å². The number of likely N-dealkylation sites (tertiary alicyclic amines) is 1. The van der Waals surface area contributed by atoms with Crippen LogP contribution < -0.4 is 19.7 Å². The molecule has 6 nitrogen and oxygen atoms in total. The van der Waals surface area contributed by atoms with Crippen molar-refractivity contribution in [2.45, 2.75) is 24.9 Å². The number of benzene rings is 3. The average molecular weight is 458 g/mol. The molecule has 1 N–H and O–H groups in total. The van der Waals surface area contributed by atoms with Crippen molar-refractivity contribution in [3.05, 3.63) is 83.9 Å². The van der Waals surface area contributed by atoms with Crippen LogP contribution in [-0.2, 0) is 6.42 Å². The van der Waals surface area contributed by atoms with Gasteiger partial charge in [0, 0.05) is 44.2 Å². The summed E-state index contributed by atoms with van der Waals surface area (Å²) in [6.07, 6.45) is 2.66. The lowest BCUT2D eigenvalue weighted by atomic mass is 9.89. The molecule has 2 heterocycles. The van der Waals surface area contributed by atoms with Crippen LogP contribution >= 0.6 is 0 Å². The highest BCUT2D eigenvalue weighted by molar-refractivity contribution is 6.13. The molecule has 0 radical (unpaired) electrons. The molecule has 5 rings (SSSR count). The summed E-state index contributed by atoms with van der Waals surface area (Å²) in [6, 6.07) is 24.0. The monoisotopic (exact) mass is 457 g/mol. The summed E-state index contributed by atoms with van der Waals surface area (Å²) in [5, 5.41) is 3.76. The molecule has 1 spiro atoms. The summed E-state index contributed by atoms with van der Waals surface area (Å²) in [5.74, 6) is 1.32. The minimum Gasteiger partial charge on any atom is -0.497 e. The Morgan fingerprint density at radius 2 is 1.65 bits per heavy atom. The molecule has 1 fully saturated rings. The third kappa shape index (κ3) is 4.10. The number of hydrogen-bond acceptors (Lipinski definition) is 5. The second-order valence-electron chi connectivity index (χ2n) is 8.96. The highest BCUT2D eigenvalue weighted by Gasteiger charge is 2.48. The molecule has 2 aliphatic rings. The molecule has 34 heavy (non-hydrogen) atoms. The Labute approximate surface area is 201 Å². The van der Waals surface area contributed by atoms with E-state index in [1.165, 1.54) is 5.56 Å². The zero-order chi connectivity index (χ0) is 23.5. The number of para-hydroxylation sites is 1. The number of piperidine rings is 1. The minimum atomic E-state index is -0.517. The van der Waals surface area contributed by atoms with E-state index in [0.29, 0.717) is 17.1 Å². The first-order valence-electron chi connectivity index (χ1n) is 11.8. The second kappa shape index (κ2) is 9.39. The standard InChI is InChI=1S/C28H31N3O3/c1-33-22-12-13-25(26(20-22)34-2)31-27(32)23-10-6-7-11-24(23)29-28(31)15-18-30(19-16-28)17-14-21-8-4-3-5-9-21/h3-13,20,29H,14-19H2,1-2H3. The van der Waals surface area contributed by atoms with E-state index in [-0.39, 0.29) is 5.91 Å². The number of methoxy groups -OCH3 is 2. The smallest absolute Gasteiger partial charge is 0.262 e. The Hall–Kier alpha value is -3.51. The van der Waals surface area contributed by atoms with E-state index in [0.717, 1.165) is 50.3 Å². The number of fused-ring (bicyclic) bond motifs is 1. The lowest BCUT2D eigenvalue weighted by Gasteiger charge is -2.52. The van der Waals surface area contributed by atoms with Gasteiger partial charge in [0.05, 0.1) is 25.5 Å². The highest BCUT2D eigenvalue weighted by Crippen LogP contribution is 2.44. The Bertz CT molecular complexity index is 1160. The molecule has 6 heteroatoms. The zero-order valence-electron chi connectivity index (χ0n) is 19.8. The van der Waals surface area contributed by atoms with E-state index in [9.17, 15) is 4.79 Å². The number of amides is 1. The normalized spacial score (nSPS) is 17.2. The van der Waals surface area contributed by atoms with Crippen molar-refractivity contribution in [1.82, 2.24) is 4.90 Å². The maximum atomic E-state index is 13.9. The fourth-order valence-corrected chi connectivity index (χ4v) is 5.14. The molecule has 2 aliphatic heterocycles. The molecular formula is C28H31N3O3. The van der Waals surface area contributed by atoms with E-state index < -0.39 is 5.66 Å². The van der Waals surface area contributed by atoms with Crippen molar-refractivity contribution < 1.29 is 14.3 Å².